The van der Waals surface area contributed by atoms with Gasteiger partial charge in [-0.1, -0.05) is 32.9 Å². The highest BCUT2D eigenvalue weighted by molar-refractivity contribution is 5.25. The SMILES string of the molecule is C=C1C2CC[C@@]3(C2)[C@H](CC[C@@H]3C)C1(C)C. The molecule has 0 heterocycles. The molecule has 3 saturated carbocycles. The lowest BCUT2D eigenvalue weighted by molar-refractivity contribution is 0.0429. The van der Waals surface area contributed by atoms with Gasteiger partial charge in [-0.25, -0.2) is 0 Å². The van der Waals surface area contributed by atoms with Crippen molar-refractivity contribution in [2.45, 2.75) is 52.9 Å². The van der Waals surface area contributed by atoms with E-state index in [-0.39, 0.29) is 0 Å². The van der Waals surface area contributed by atoms with Gasteiger partial charge in [-0.3, -0.25) is 0 Å². The topological polar surface area (TPSA) is 0 Å². The van der Waals surface area contributed by atoms with Gasteiger partial charge < -0.3 is 0 Å². The summed E-state index contributed by atoms with van der Waals surface area (Å²) in [7, 11) is 0. The highest BCUT2D eigenvalue weighted by Crippen LogP contribution is 2.70. The van der Waals surface area contributed by atoms with Crippen LogP contribution in [-0.4, -0.2) is 0 Å². The summed E-state index contributed by atoms with van der Waals surface area (Å²) < 4.78 is 0. The van der Waals surface area contributed by atoms with Gasteiger partial charge in [0.15, 0.2) is 0 Å². The van der Waals surface area contributed by atoms with Crippen molar-refractivity contribution in [3.05, 3.63) is 12.2 Å². The summed E-state index contributed by atoms with van der Waals surface area (Å²) in [5, 5.41) is 0. The maximum Gasteiger partial charge on any atom is -0.0111 e. The van der Waals surface area contributed by atoms with Gasteiger partial charge in [0.05, 0.1) is 0 Å². The Hall–Kier alpha value is -0.260. The maximum atomic E-state index is 4.43. The van der Waals surface area contributed by atoms with Gasteiger partial charge in [0.2, 0.25) is 0 Å². The van der Waals surface area contributed by atoms with E-state index in [1.807, 2.05) is 0 Å². The Bertz CT molecular complexity index is 312. The van der Waals surface area contributed by atoms with Gasteiger partial charge in [-0.15, -0.1) is 0 Å². The molecule has 0 nitrogen and oxygen atoms in total. The van der Waals surface area contributed by atoms with Gasteiger partial charge in [0.25, 0.3) is 0 Å². The molecule has 0 heteroatoms. The van der Waals surface area contributed by atoms with E-state index >= 15 is 0 Å². The molecular formula is C15H24. The second-order valence-corrected chi connectivity index (χ2v) is 6.95. The fourth-order valence-corrected chi connectivity index (χ4v) is 5.33. The van der Waals surface area contributed by atoms with Gasteiger partial charge in [-0.05, 0) is 60.7 Å². The number of rotatable bonds is 0. The van der Waals surface area contributed by atoms with E-state index in [4.69, 9.17) is 0 Å². The second kappa shape index (κ2) is 2.70. The van der Waals surface area contributed by atoms with Crippen LogP contribution in [0.3, 0.4) is 0 Å². The van der Waals surface area contributed by atoms with Crippen LogP contribution in [0.25, 0.3) is 0 Å². The van der Waals surface area contributed by atoms with Gasteiger partial charge in [0, 0.05) is 0 Å². The minimum absolute atomic E-state index is 0.421. The summed E-state index contributed by atoms with van der Waals surface area (Å²) in [6.07, 6.45) is 7.32. The van der Waals surface area contributed by atoms with E-state index in [2.05, 4.69) is 27.4 Å². The third-order valence-corrected chi connectivity index (χ3v) is 6.34. The standard InChI is InChI=1S/C15H24/c1-10-5-6-13-14(3,4)11(2)12-7-8-15(10,13)9-12/h10,12-13H,2,5-9H2,1,3-4H3/t10-,12?,13+,15-/m0/s1. The number of allylic oxidation sites excluding steroid dienone is 1. The largest absolute Gasteiger partial charge is 0.0990 e. The zero-order valence-corrected chi connectivity index (χ0v) is 10.5. The van der Waals surface area contributed by atoms with Crippen LogP contribution in [0.15, 0.2) is 12.2 Å². The number of fused-ring (bicyclic) bond motifs is 1. The zero-order chi connectivity index (χ0) is 10.8. The van der Waals surface area contributed by atoms with Crippen molar-refractivity contribution in [3.8, 4) is 0 Å². The van der Waals surface area contributed by atoms with E-state index in [0.29, 0.717) is 5.41 Å². The highest BCUT2D eigenvalue weighted by atomic mass is 14.7. The number of hydrogen-bond donors (Lipinski definition) is 0. The molecule has 4 atom stereocenters. The van der Waals surface area contributed by atoms with Crippen LogP contribution >= 0.6 is 0 Å². The summed E-state index contributed by atoms with van der Waals surface area (Å²) >= 11 is 0. The molecule has 0 radical (unpaired) electrons. The summed E-state index contributed by atoms with van der Waals surface area (Å²) in [5.41, 5.74) is 2.72. The smallest absolute Gasteiger partial charge is 0.0111 e. The predicted molar refractivity (Wildman–Crippen MR) is 64.6 cm³/mol. The molecular weight excluding hydrogens is 180 g/mol. The molecule has 15 heavy (non-hydrogen) atoms. The van der Waals surface area contributed by atoms with Crippen molar-refractivity contribution in [2.24, 2.45) is 28.6 Å². The summed E-state index contributed by atoms with van der Waals surface area (Å²) in [6, 6.07) is 0. The van der Waals surface area contributed by atoms with Crippen LogP contribution in [0.4, 0.5) is 0 Å². The van der Waals surface area contributed by atoms with Crippen LogP contribution in [0.1, 0.15) is 52.9 Å². The first-order valence-corrected chi connectivity index (χ1v) is 6.68. The molecule has 0 aromatic heterocycles. The Kier molecular flexibility index (Phi) is 1.79. The van der Waals surface area contributed by atoms with Crippen molar-refractivity contribution in [1.29, 1.82) is 0 Å². The van der Waals surface area contributed by atoms with Crippen LogP contribution < -0.4 is 0 Å². The first-order valence-electron chi connectivity index (χ1n) is 6.68. The average molecular weight is 204 g/mol. The summed E-state index contributed by atoms with van der Waals surface area (Å²) in [6.45, 7) is 11.9. The van der Waals surface area contributed by atoms with E-state index < -0.39 is 0 Å². The lowest BCUT2D eigenvalue weighted by Crippen LogP contribution is -2.42. The fourth-order valence-electron chi connectivity index (χ4n) is 5.33. The molecule has 0 aromatic carbocycles. The normalized spacial score (nSPS) is 51.9. The Morgan fingerprint density at radius 3 is 2.67 bits per heavy atom. The monoisotopic (exact) mass is 204 g/mol. The Morgan fingerprint density at radius 1 is 1.20 bits per heavy atom. The summed E-state index contributed by atoms with van der Waals surface area (Å²) in [5.74, 6) is 2.77. The molecule has 3 aliphatic rings. The Labute approximate surface area is 94.1 Å². The maximum absolute atomic E-state index is 4.43. The molecule has 3 aliphatic carbocycles. The minimum atomic E-state index is 0.421. The lowest BCUT2D eigenvalue weighted by atomic mass is 9.54. The van der Waals surface area contributed by atoms with Gasteiger partial charge in [-0.2, -0.15) is 0 Å². The number of hydrogen-bond acceptors (Lipinski definition) is 0. The average Bonchev–Trinajstić information content (AvgIpc) is 2.71. The quantitative estimate of drug-likeness (QED) is 0.513. The van der Waals surface area contributed by atoms with Crippen molar-refractivity contribution < 1.29 is 0 Å². The molecule has 0 aliphatic heterocycles. The molecule has 0 N–H and O–H groups in total. The van der Waals surface area contributed by atoms with Crippen molar-refractivity contribution in [2.75, 3.05) is 0 Å². The third kappa shape index (κ3) is 0.990. The molecule has 84 valence electrons. The first-order chi connectivity index (χ1) is 6.98. The first kappa shape index (κ1) is 9.93. The molecule has 3 fully saturated rings. The second-order valence-electron chi connectivity index (χ2n) is 6.95. The fraction of sp³-hybridized carbons (Fsp3) is 0.867. The minimum Gasteiger partial charge on any atom is -0.0990 e. The van der Waals surface area contributed by atoms with Crippen molar-refractivity contribution in [1.82, 2.24) is 0 Å². The Balaban J connectivity index is 2.09. The van der Waals surface area contributed by atoms with Crippen molar-refractivity contribution >= 4 is 0 Å². The van der Waals surface area contributed by atoms with E-state index in [1.54, 1.807) is 5.57 Å². The Morgan fingerprint density at radius 2 is 1.93 bits per heavy atom. The molecule has 0 saturated heterocycles. The molecule has 3 rings (SSSR count). The third-order valence-electron chi connectivity index (χ3n) is 6.34. The van der Waals surface area contributed by atoms with Crippen LogP contribution in [-0.2, 0) is 0 Å². The van der Waals surface area contributed by atoms with Gasteiger partial charge in [0.1, 0.15) is 0 Å². The zero-order valence-electron chi connectivity index (χ0n) is 10.5. The summed E-state index contributed by atoms with van der Waals surface area (Å²) in [4.78, 5) is 0. The molecule has 1 unspecified atom stereocenters. The molecule has 0 aromatic rings. The van der Waals surface area contributed by atoms with Crippen LogP contribution in [0, 0.1) is 28.6 Å². The van der Waals surface area contributed by atoms with Gasteiger partial charge >= 0.3 is 0 Å². The highest BCUT2D eigenvalue weighted by Gasteiger charge is 2.61. The van der Waals surface area contributed by atoms with Crippen LogP contribution in [0.5, 0.6) is 0 Å². The molecule has 1 spiro atoms. The van der Waals surface area contributed by atoms with E-state index in [0.717, 1.165) is 23.2 Å². The van der Waals surface area contributed by atoms with Crippen LogP contribution in [0.2, 0.25) is 0 Å². The predicted octanol–water partition coefficient (Wildman–Crippen LogP) is 4.42. The molecule has 0 amide bonds. The van der Waals surface area contributed by atoms with E-state index in [9.17, 15) is 0 Å². The van der Waals surface area contributed by atoms with E-state index in [1.165, 1.54) is 32.1 Å². The van der Waals surface area contributed by atoms with Crippen molar-refractivity contribution in [3.63, 3.8) is 0 Å². The lowest BCUT2D eigenvalue weighted by Gasteiger charge is -2.50. The molecule has 2 bridgehead atoms.